The maximum atomic E-state index is 14.1. The van der Waals surface area contributed by atoms with E-state index in [9.17, 15) is 17.6 Å². The molecule has 0 aliphatic carbocycles. The summed E-state index contributed by atoms with van der Waals surface area (Å²) in [6.45, 7) is -0.231. The van der Waals surface area contributed by atoms with Gasteiger partial charge in [-0.2, -0.15) is 0 Å². The summed E-state index contributed by atoms with van der Waals surface area (Å²) >= 11 is 0. The molecule has 0 unspecified atom stereocenters. The number of ether oxygens (including phenoxy) is 1. The van der Waals surface area contributed by atoms with Gasteiger partial charge in [-0.25, -0.2) is 27.3 Å². The third-order valence-corrected chi connectivity index (χ3v) is 6.79. The molecular weight excluding hydrogens is 503 g/mol. The summed E-state index contributed by atoms with van der Waals surface area (Å²) in [7, 11) is 1.61. The van der Waals surface area contributed by atoms with Crippen molar-refractivity contribution < 1.29 is 27.2 Å². The van der Waals surface area contributed by atoms with Crippen molar-refractivity contribution in [1.29, 1.82) is 0 Å². The number of benzene rings is 2. The third-order valence-electron chi connectivity index (χ3n) is 4.95. The van der Waals surface area contributed by atoms with Gasteiger partial charge in [0.1, 0.15) is 22.0 Å². The monoisotopic (exact) mass is 528 g/mol. The fourth-order valence-electron chi connectivity index (χ4n) is 3.27. The number of aromatic nitrogens is 3. The summed E-state index contributed by atoms with van der Waals surface area (Å²) in [6, 6.07) is 7.58. The van der Waals surface area contributed by atoms with E-state index in [-0.39, 0.29) is 41.7 Å². The first kappa shape index (κ1) is 28.1. The number of carbonyl (C=O) groups excluding carboxylic acids is 1. The van der Waals surface area contributed by atoms with Crippen LogP contribution in [0, 0.1) is 0 Å². The molecule has 0 spiro atoms. The molecule has 1 heterocycles. The number of amides is 1. The average molecular weight is 529 g/mol. The molecule has 0 saturated heterocycles. The number of methoxy groups -OCH3 is 1. The molecular formula is C21H26ClFN6O5S. The number of sulfonamides is 1. The number of halogens is 2. The number of hydrogen-bond donors (Lipinski definition) is 2. The molecule has 3 N–H and O–H groups in total. The van der Waals surface area contributed by atoms with E-state index in [1.54, 1.807) is 6.07 Å². The summed E-state index contributed by atoms with van der Waals surface area (Å²) < 4.78 is 47.5. The average Bonchev–Trinajstić information content (AvgIpc) is 3.20. The molecule has 2 aromatic carbocycles. The first-order valence-corrected chi connectivity index (χ1v) is 11.4. The van der Waals surface area contributed by atoms with Crippen molar-refractivity contribution in [3.63, 3.8) is 0 Å². The molecule has 0 saturated carbocycles. The quantitative estimate of drug-likeness (QED) is 0.401. The minimum atomic E-state index is -3.86. The van der Waals surface area contributed by atoms with Gasteiger partial charge < -0.3 is 10.5 Å². The number of fused-ring (bicyclic) bond motifs is 1. The van der Waals surface area contributed by atoms with Crippen LogP contribution in [0.3, 0.4) is 0 Å². The van der Waals surface area contributed by atoms with Crippen LogP contribution in [0.1, 0.15) is 10.4 Å². The lowest BCUT2D eigenvalue weighted by Gasteiger charge is -2.16. The second-order valence-electron chi connectivity index (χ2n) is 7.31. The second-order valence-corrected chi connectivity index (χ2v) is 9.43. The van der Waals surface area contributed by atoms with Crippen molar-refractivity contribution in [3.05, 3.63) is 47.8 Å². The fourth-order valence-corrected chi connectivity index (χ4v) is 4.34. The Balaban J connectivity index is 0.00000432. The molecule has 0 aliphatic heterocycles. The zero-order valence-corrected chi connectivity index (χ0v) is 21.1. The number of hydrogen-bond acceptors (Lipinski definition) is 8. The van der Waals surface area contributed by atoms with Gasteiger partial charge in [-0.05, 0) is 35.9 Å². The molecule has 1 amide bonds. The van der Waals surface area contributed by atoms with Gasteiger partial charge in [0.25, 0.3) is 5.91 Å². The van der Waals surface area contributed by atoms with Crippen molar-refractivity contribution in [1.82, 2.24) is 24.8 Å². The van der Waals surface area contributed by atoms with Gasteiger partial charge in [-0.3, -0.25) is 9.63 Å². The Morgan fingerprint density at radius 2 is 1.97 bits per heavy atom. The summed E-state index contributed by atoms with van der Waals surface area (Å²) in [4.78, 5) is 17.2. The molecule has 35 heavy (non-hydrogen) atoms. The molecule has 0 radical (unpaired) electrons. The van der Waals surface area contributed by atoms with E-state index >= 15 is 0 Å². The van der Waals surface area contributed by atoms with Gasteiger partial charge in [0.15, 0.2) is 0 Å². The Kier molecular flexibility index (Phi) is 9.29. The molecule has 3 rings (SSSR count). The van der Waals surface area contributed by atoms with Gasteiger partial charge in [-0.1, -0.05) is 11.3 Å². The highest BCUT2D eigenvalue weighted by Gasteiger charge is 2.24. The van der Waals surface area contributed by atoms with Crippen LogP contribution in [0.5, 0.6) is 5.75 Å². The van der Waals surface area contributed by atoms with E-state index in [0.717, 1.165) is 4.31 Å². The molecule has 11 nitrogen and oxygen atoms in total. The largest absolute Gasteiger partial charge is 0.495 e. The van der Waals surface area contributed by atoms with Gasteiger partial charge in [-0.15, -0.1) is 17.5 Å². The van der Waals surface area contributed by atoms with Crippen molar-refractivity contribution in [2.75, 3.05) is 34.9 Å². The van der Waals surface area contributed by atoms with Gasteiger partial charge in [0.05, 0.1) is 26.3 Å². The third kappa shape index (κ3) is 5.77. The number of allylic oxidation sites excluding steroid dienone is 1. The Morgan fingerprint density at radius 1 is 1.26 bits per heavy atom. The predicted octanol–water partition coefficient (Wildman–Crippen LogP) is 1.88. The number of carbonyl (C=O) groups is 1. The Labute approximate surface area is 208 Å². The summed E-state index contributed by atoms with van der Waals surface area (Å²) in [6.07, 6.45) is 1.21. The number of hydroxylamine groups is 1. The zero-order chi connectivity index (χ0) is 25.0. The Hall–Kier alpha value is -3.10. The van der Waals surface area contributed by atoms with Crippen LogP contribution < -0.4 is 16.0 Å². The lowest BCUT2D eigenvalue weighted by atomic mass is 10.0. The summed E-state index contributed by atoms with van der Waals surface area (Å²) in [5, 5.41) is 8.17. The minimum Gasteiger partial charge on any atom is -0.495 e. The molecule has 3 aromatic rings. The maximum absolute atomic E-state index is 14.1. The van der Waals surface area contributed by atoms with Crippen molar-refractivity contribution in [2.24, 2.45) is 5.73 Å². The molecule has 0 fully saturated rings. The molecule has 0 atom stereocenters. The van der Waals surface area contributed by atoms with Crippen LogP contribution in [0.15, 0.2) is 47.1 Å². The normalized spacial score (nSPS) is 12.0. The van der Waals surface area contributed by atoms with Crippen molar-refractivity contribution in [2.45, 2.75) is 11.4 Å². The first-order chi connectivity index (χ1) is 16.1. The van der Waals surface area contributed by atoms with E-state index in [1.165, 1.54) is 63.3 Å². The molecule has 0 aliphatic rings. The Morgan fingerprint density at radius 3 is 2.57 bits per heavy atom. The van der Waals surface area contributed by atoms with Crippen LogP contribution in [0.2, 0.25) is 0 Å². The lowest BCUT2D eigenvalue weighted by molar-refractivity contribution is 0.0538. The van der Waals surface area contributed by atoms with Crippen molar-refractivity contribution in [3.8, 4) is 16.9 Å². The smallest absolute Gasteiger partial charge is 0.274 e. The highest BCUT2D eigenvalue weighted by Crippen LogP contribution is 2.35. The number of nitrogens with one attached hydrogen (secondary N) is 1. The highest BCUT2D eigenvalue weighted by atomic mass is 35.5. The molecule has 1 aromatic heterocycles. The summed E-state index contributed by atoms with van der Waals surface area (Å²) in [5.74, 6) is -0.933. The second kappa shape index (κ2) is 11.6. The van der Waals surface area contributed by atoms with E-state index in [4.69, 9.17) is 15.3 Å². The Bertz CT molecular complexity index is 1360. The molecule has 190 valence electrons. The summed E-state index contributed by atoms with van der Waals surface area (Å²) in [5.41, 5.74) is 9.31. The van der Waals surface area contributed by atoms with Crippen LogP contribution in [-0.2, 0) is 21.4 Å². The van der Waals surface area contributed by atoms with Gasteiger partial charge in [0, 0.05) is 31.8 Å². The van der Waals surface area contributed by atoms with Crippen LogP contribution in [-0.4, -0.2) is 68.5 Å². The highest BCUT2D eigenvalue weighted by molar-refractivity contribution is 7.89. The van der Waals surface area contributed by atoms with E-state index < -0.39 is 21.8 Å². The number of nitrogens with two attached hydrogens (primary N) is 1. The van der Waals surface area contributed by atoms with E-state index in [0.29, 0.717) is 22.2 Å². The topological polar surface area (TPSA) is 142 Å². The fraction of sp³-hybridized carbons (Fsp3) is 0.286. The van der Waals surface area contributed by atoms with Crippen molar-refractivity contribution >= 4 is 39.4 Å². The van der Waals surface area contributed by atoms with E-state index in [2.05, 4.69) is 15.8 Å². The standard InChI is InChI=1S/C21H25FN6O5S.ClH/c1-27(2)34(30,31)19-11-13(5-6-18(19)32-3)16-9-14(21(29)25-33-4)10-17-20(16)24-26-28(17)12-15(22)7-8-23;/h5-7,9-11H,8,12,23H2,1-4H3,(H,25,29);1H/b15-7-;. The van der Waals surface area contributed by atoms with Crippen LogP contribution in [0.25, 0.3) is 22.2 Å². The lowest BCUT2D eigenvalue weighted by Crippen LogP contribution is -2.23. The van der Waals surface area contributed by atoms with Gasteiger partial charge in [0.2, 0.25) is 10.0 Å². The molecule has 14 heteroatoms. The van der Waals surface area contributed by atoms with Crippen LogP contribution >= 0.6 is 12.4 Å². The number of nitrogens with zero attached hydrogens (tertiary/aromatic N) is 4. The zero-order valence-electron chi connectivity index (χ0n) is 19.5. The van der Waals surface area contributed by atoms with Crippen LogP contribution in [0.4, 0.5) is 4.39 Å². The van der Waals surface area contributed by atoms with E-state index in [1.807, 2.05) is 0 Å². The minimum absolute atomic E-state index is 0. The van der Waals surface area contributed by atoms with Gasteiger partial charge >= 0.3 is 0 Å². The predicted molar refractivity (Wildman–Crippen MR) is 130 cm³/mol. The molecule has 0 bridgehead atoms. The SMILES string of the molecule is CONC(=O)c1cc(-c2ccc(OC)c(S(=O)(=O)N(C)C)c2)c2nnn(C/C(F)=C/CN)c2c1.Cl. The number of rotatable bonds is 9. The maximum Gasteiger partial charge on any atom is 0.274 e. The first-order valence-electron chi connectivity index (χ1n) is 10.00.